The van der Waals surface area contributed by atoms with Crippen LogP contribution in [0.1, 0.15) is 46.2 Å². The number of carbonyl (C=O) groups is 1. The van der Waals surface area contributed by atoms with Crippen molar-refractivity contribution < 1.29 is 9.53 Å². The number of benzene rings is 3. The van der Waals surface area contributed by atoms with E-state index in [0.29, 0.717) is 0 Å². The Bertz CT molecular complexity index is 1300. The summed E-state index contributed by atoms with van der Waals surface area (Å²) >= 11 is 0. The summed E-state index contributed by atoms with van der Waals surface area (Å²) in [6.07, 6.45) is 1.11. The third kappa shape index (κ3) is 2.41. The summed E-state index contributed by atoms with van der Waals surface area (Å²) < 4.78 is 7.16. The summed E-state index contributed by atoms with van der Waals surface area (Å²) in [5.74, 6) is 1.22. The Morgan fingerprint density at radius 1 is 0.939 bits per heavy atom. The second-order valence-electron chi connectivity index (χ2n) is 9.85. The van der Waals surface area contributed by atoms with E-state index in [4.69, 9.17) is 9.73 Å². The Kier molecular flexibility index (Phi) is 4.17. The molecular formula is C29H28N2O2. The van der Waals surface area contributed by atoms with Gasteiger partial charge in [0.2, 0.25) is 0 Å². The molecule has 33 heavy (non-hydrogen) atoms. The van der Waals surface area contributed by atoms with Crippen LogP contribution in [0, 0.1) is 26.7 Å². The first-order valence-electron chi connectivity index (χ1n) is 11.6. The van der Waals surface area contributed by atoms with Gasteiger partial charge in [-0.1, -0.05) is 66.2 Å². The highest BCUT2D eigenvalue weighted by atomic mass is 16.5. The molecule has 0 amide bonds. The molecule has 166 valence electrons. The molecule has 1 saturated carbocycles. The molecule has 0 radical (unpaired) electrons. The van der Waals surface area contributed by atoms with Crippen LogP contribution in [0.3, 0.4) is 0 Å². The molecule has 0 saturated heterocycles. The zero-order valence-electron chi connectivity index (χ0n) is 19.4. The summed E-state index contributed by atoms with van der Waals surface area (Å²) in [6, 6.07) is 23.0. The number of rotatable bonds is 3. The van der Waals surface area contributed by atoms with Gasteiger partial charge in [0, 0.05) is 11.5 Å². The number of carbonyl (C=O) groups excluding carboxylic acids is 1. The fourth-order valence-electron chi connectivity index (χ4n) is 6.85. The molecule has 5 atom stereocenters. The molecule has 2 aliphatic heterocycles. The van der Waals surface area contributed by atoms with Crippen LogP contribution in [0.4, 0.5) is 0 Å². The number of ether oxygens (including phenoxy) is 1. The lowest BCUT2D eigenvalue weighted by molar-refractivity contribution is -0.112. The van der Waals surface area contributed by atoms with Crippen LogP contribution in [0.15, 0.2) is 71.7 Å². The molecule has 1 aliphatic carbocycles. The lowest BCUT2D eigenvalue weighted by Crippen LogP contribution is -2.58. The highest BCUT2D eigenvalue weighted by molar-refractivity contribution is 5.87. The molecule has 1 N–H and O–H groups in total. The summed E-state index contributed by atoms with van der Waals surface area (Å²) in [5, 5.41) is 3.79. The first-order valence-corrected chi connectivity index (χ1v) is 11.6. The normalized spacial score (nSPS) is 31.2. The highest BCUT2D eigenvalue weighted by Gasteiger charge is 2.78. The molecule has 3 aromatic carbocycles. The number of amidine groups is 1. The molecule has 2 heterocycles. The van der Waals surface area contributed by atoms with Crippen LogP contribution in [-0.4, -0.2) is 18.2 Å². The standard InChI is InChI=1S/C29H28N2O2/c1-17-10-12-22(13-11-17)29-26(21-8-6-5-7-9-21)23(16-32)27-28(29,31-20(4)30-27)25-19(3)14-18(2)15-24(25)33-29/h5-16,23,26-27H,1-4H3,(H,30,31)/t23-,26-,27?,28+,29+/m1/s1. The van der Waals surface area contributed by atoms with Crippen LogP contribution in [0.5, 0.6) is 5.75 Å². The van der Waals surface area contributed by atoms with E-state index in [9.17, 15) is 4.79 Å². The molecule has 4 heteroatoms. The zero-order valence-corrected chi connectivity index (χ0v) is 19.4. The van der Waals surface area contributed by atoms with Gasteiger partial charge in [-0.3, -0.25) is 4.99 Å². The number of aldehydes is 1. The third-order valence-corrected chi connectivity index (χ3v) is 7.83. The van der Waals surface area contributed by atoms with Crippen molar-refractivity contribution >= 4 is 12.1 Å². The third-order valence-electron chi connectivity index (χ3n) is 7.83. The fraction of sp³-hybridized carbons (Fsp3) is 0.310. The topological polar surface area (TPSA) is 50.7 Å². The molecule has 1 fully saturated rings. The maximum Gasteiger partial charge on any atom is 0.171 e. The van der Waals surface area contributed by atoms with Crippen molar-refractivity contribution in [1.82, 2.24) is 5.32 Å². The Labute approximate surface area is 194 Å². The van der Waals surface area contributed by atoms with Gasteiger partial charge >= 0.3 is 0 Å². The lowest BCUT2D eigenvalue weighted by atomic mass is 9.68. The number of hydrogen-bond donors (Lipinski definition) is 1. The minimum atomic E-state index is -0.819. The first-order chi connectivity index (χ1) is 15.9. The molecule has 1 spiro atoms. The van der Waals surface area contributed by atoms with E-state index in [2.05, 4.69) is 74.6 Å². The number of aryl methyl sites for hydroxylation is 3. The van der Waals surface area contributed by atoms with Crippen molar-refractivity contribution in [3.05, 3.63) is 100 Å². The van der Waals surface area contributed by atoms with Gasteiger partial charge in [-0.25, -0.2) is 0 Å². The van der Waals surface area contributed by atoms with Crippen molar-refractivity contribution in [3.63, 3.8) is 0 Å². The van der Waals surface area contributed by atoms with Gasteiger partial charge in [-0.15, -0.1) is 0 Å². The van der Waals surface area contributed by atoms with Gasteiger partial charge in [0.05, 0.1) is 17.8 Å². The summed E-state index contributed by atoms with van der Waals surface area (Å²) in [7, 11) is 0. The highest BCUT2D eigenvalue weighted by Crippen LogP contribution is 2.70. The molecule has 6 rings (SSSR count). The lowest BCUT2D eigenvalue weighted by Gasteiger charge is -2.43. The Morgan fingerprint density at radius 3 is 2.36 bits per heavy atom. The van der Waals surface area contributed by atoms with E-state index in [-0.39, 0.29) is 17.9 Å². The quantitative estimate of drug-likeness (QED) is 0.582. The number of nitrogens with one attached hydrogen (secondary N) is 1. The van der Waals surface area contributed by atoms with E-state index in [1.165, 1.54) is 11.1 Å². The van der Waals surface area contributed by atoms with E-state index in [0.717, 1.165) is 40.1 Å². The van der Waals surface area contributed by atoms with Gasteiger partial charge < -0.3 is 14.8 Å². The Morgan fingerprint density at radius 2 is 1.67 bits per heavy atom. The largest absolute Gasteiger partial charge is 0.479 e. The predicted octanol–water partition coefficient (Wildman–Crippen LogP) is 5.10. The number of aliphatic imine (C=N–C) groups is 1. The number of nitrogens with zero attached hydrogens (tertiary/aromatic N) is 1. The molecule has 0 aromatic heterocycles. The number of hydrogen-bond acceptors (Lipinski definition) is 4. The van der Waals surface area contributed by atoms with Crippen LogP contribution in [0.2, 0.25) is 0 Å². The van der Waals surface area contributed by atoms with E-state index < -0.39 is 11.1 Å². The van der Waals surface area contributed by atoms with Crippen molar-refractivity contribution in [2.24, 2.45) is 10.9 Å². The second-order valence-corrected chi connectivity index (χ2v) is 9.85. The van der Waals surface area contributed by atoms with Crippen LogP contribution < -0.4 is 10.1 Å². The van der Waals surface area contributed by atoms with E-state index in [1.54, 1.807) is 0 Å². The molecule has 1 unspecified atom stereocenters. The minimum Gasteiger partial charge on any atom is -0.479 e. The maximum atomic E-state index is 12.8. The summed E-state index contributed by atoms with van der Waals surface area (Å²) in [6.45, 7) is 8.34. The van der Waals surface area contributed by atoms with Gasteiger partial charge in [0.25, 0.3) is 0 Å². The predicted molar refractivity (Wildman–Crippen MR) is 130 cm³/mol. The average molecular weight is 437 g/mol. The Balaban J connectivity index is 1.75. The monoisotopic (exact) mass is 436 g/mol. The molecule has 3 aliphatic rings. The van der Waals surface area contributed by atoms with Gasteiger partial charge in [-0.05, 0) is 56.0 Å². The van der Waals surface area contributed by atoms with Crippen molar-refractivity contribution in [2.75, 3.05) is 0 Å². The number of fused-ring (bicyclic) bond motifs is 1. The maximum absolute atomic E-state index is 12.8. The second kappa shape index (κ2) is 6.80. The van der Waals surface area contributed by atoms with Crippen molar-refractivity contribution in [2.45, 2.75) is 50.8 Å². The van der Waals surface area contributed by atoms with Crippen molar-refractivity contribution in [1.29, 1.82) is 0 Å². The zero-order chi connectivity index (χ0) is 23.0. The summed E-state index contributed by atoms with van der Waals surface area (Å²) in [5.41, 5.74) is 5.34. The molecular weight excluding hydrogens is 408 g/mol. The Hall–Kier alpha value is -3.40. The van der Waals surface area contributed by atoms with Gasteiger partial charge in [-0.2, -0.15) is 0 Å². The van der Waals surface area contributed by atoms with Crippen molar-refractivity contribution in [3.8, 4) is 5.75 Å². The molecule has 4 nitrogen and oxygen atoms in total. The summed E-state index contributed by atoms with van der Waals surface area (Å²) in [4.78, 5) is 17.9. The molecule has 0 bridgehead atoms. The smallest absolute Gasteiger partial charge is 0.171 e. The fourth-order valence-corrected chi connectivity index (χ4v) is 6.85. The van der Waals surface area contributed by atoms with E-state index in [1.807, 2.05) is 25.1 Å². The first kappa shape index (κ1) is 20.2. The van der Waals surface area contributed by atoms with E-state index >= 15 is 0 Å². The SMILES string of the molecule is CC1=NC2[C@H](C=O)[C@@H](c3ccccc3)[C@]3(c4ccc(C)cc4)Oc4cc(C)cc(C)c4[C@]23N1. The molecule has 3 aromatic rings. The van der Waals surface area contributed by atoms with Crippen LogP contribution >= 0.6 is 0 Å². The minimum absolute atomic E-state index is 0.194. The van der Waals surface area contributed by atoms with Crippen LogP contribution in [0.25, 0.3) is 0 Å². The average Bonchev–Trinajstić information content (AvgIpc) is 3.34. The van der Waals surface area contributed by atoms with Crippen LogP contribution in [-0.2, 0) is 15.9 Å². The van der Waals surface area contributed by atoms with Gasteiger partial charge in [0.15, 0.2) is 5.60 Å². The van der Waals surface area contributed by atoms with Gasteiger partial charge in [0.1, 0.15) is 17.6 Å².